The molecule has 1 N–H and O–H groups in total. The largest absolute Gasteiger partial charge is 0.416 e. The molecule has 0 saturated heterocycles. The van der Waals surface area contributed by atoms with Gasteiger partial charge in [0.25, 0.3) is 0 Å². The molecule has 0 spiro atoms. The molecule has 0 bridgehead atoms. The molecule has 20 heavy (non-hydrogen) atoms. The Morgan fingerprint density at radius 2 is 1.75 bits per heavy atom. The molecule has 0 aliphatic carbocycles. The Balaban J connectivity index is 2.16. The topological polar surface area (TPSA) is 37.8 Å². The van der Waals surface area contributed by atoms with Gasteiger partial charge in [-0.1, -0.05) is 35.3 Å². The molecular formula is C12H8Cl2F3N3. The van der Waals surface area contributed by atoms with Crippen molar-refractivity contribution in [2.24, 2.45) is 0 Å². The lowest BCUT2D eigenvalue weighted by molar-refractivity contribution is -0.137. The summed E-state index contributed by atoms with van der Waals surface area (Å²) in [5.74, 6) is 0. The van der Waals surface area contributed by atoms with E-state index >= 15 is 0 Å². The van der Waals surface area contributed by atoms with Crippen molar-refractivity contribution in [2.75, 3.05) is 5.32 Å². The number of hydrogen-bond donors (Lipinski definition) is 1. The highest BCUT2D eigenvalue weighted by Gasteiger charge is 2.30. The summed E-state index contributed by atoms with van der Waals surface area (Å²) >= 11 is 11.6. The van der Waals surface area contributed by atoms with E-state index in [0.29, 0.717) is 5.56 Å². The molecule has 0 amide bonds. The molecule has 0 aliphatic rings. The third-order valence-corrected chi connectivity index (χ3v) is 3.05. The Morgan fingerprint density at radius 3 is 2.35 bits per heavy atom. The number of alkyl halides is 3. The molecule has 0 atom stereocenters. The van der Waals surface area contributed by atoms with Gasteiger partial charge in [0.2, 0.25) is 0 Å². The standard InChI is InChI=1S/C12H8Cl2F3N3/c13-10-9(11(14)20-6-19-10)18-5-7-2-1-3-8(4-7)12(15,16)17/h1-4,6,18H,5H2. The number of aromatic nitrogens is 2. The average Bonchev–Trinajstić information content (AvgIpc) is 2.37. The number of halogens is 5. The summed E-state index contributed by atoms with van der Waals surface area (Å²) in [6.07, 6.45) is -3.18. The zero-order chi connectivity index (χ0) is 14.8. The monoisotopic (exact) mass is 321 g/mol. The SMILES string of the molecule is FC(F)(F)c1cccc(CNc2c(Cl)ncnc2Cl)c1. The van der Waals surface area contributed by atoms with Crippen LogP contribution < -0.4 is 5.32 Å². The lowest BCUT2D eigenvalue weighted by atomic mass is 10.1. The van der Waals surface area contributed by atoms with E-state index in [-0.39, 0.29) is 22.5 Å². The Labute approximate surface area is 122 Å². The highest BCUT2D eigenvalue weighted by atomic mass is 35.5. The van der Waals surface area contributed by atoms with Crippen LogP contribution in [0, 0.1) is 0 Å². The summed E-state index contributed by atoms with van der Waals surface area (Å²) in [5, 5.41) is 3.04. The maximum atomic E-state index is 12.6. The molecule has 106 valence electrons. The molecule has 1 aromatic carbocycles. The summed E-state index contributed by atoms with van der Waals surface area (Å²) in [4.78, 5) is 7.47. The van der Waals surface area contributed by atoms with Gasteiger partial charge in [-0.15, -0.1) is 0 Å². The van der Waals surface area contributed by atoms with Crippen molar-refractivity contribution in [3.05, 3.63) is 52.0 Å². The maximum Gasteiger partial charge on any atom is 0.416 e. The Hall–Kier alpha value is -1.53. The van der Waals surface area contributed by atoms with Gasteiger partial charge in [0, 0.05) is 6.54 Å². The molecule has 0 saturated carbocycles. The first-order valence-corrected chi connectivity index (χ1v) is 6.19. The van der Waals surface area contributed by atoms with Crippen LogP contribution >= 0.6 is 23.2 Å². The summed E-state index contributed by atoms with van der Waals surface area (Å²) in [6, 6.07) is 4.96. The predicted octanol–water partition coefficient (Wildman–Crippen LogP) is 4.41. The van der Waals surface area contributed by atoms with Crippen LogP contribution in [0.1, 0.15) is 11.1 Å². The van der Waals surface area contributed by atoms with Crippen molar-refractivity contribution in [2.45, 2.75) is 12.7 Å². The number of nitrogens with zero attached hydrogens (tertiary/aromatic N) is 2. The predicted molar refractivity (Wildman–Crippen MR) is 70.8 cm³/mol. The second kappa shape index (κ2) is 5.85. The molecule has 0 radical (unpaired) electrons. The summed E-state index contributed by atoms with van der Waals surface area (Å²) in [7, 11) is 0. The van der Waals surface area contributed by atoms with Crippen molar-refractivity contribution in [3.8, 4) is 0 Å². The van der Waals surface area contributed by atoms with Crippen LogP contribution in [0.2, 0.25) is 10.3 Å². The molecule has 0 fully saturated rings. The van der Waals surface area contributed by atoms with E-state index in [0.717, 1.165) is 12.1 Å². The fourth-order valence-corrected chi connectivity index (χ4v) is 1.99. The highest BCUT2D eigenvalue weighted by Crippen LogP contribution is 2.30. The smallest absolute Gasteiger partial charge is 0.376 e. The maximum absolute atomic E-state index is 12.6. The van der Waals surface area contributed by atoms with Gasteiger partial charge in [0.15, 0.2) is 10.3 Å². The molecule has 2 rings (SSSR count). The lowest BCUT2D eigenvalue weighted by Crippen LogP contribution is -2.07. The fourth-order valence-electron chi connectivity index (χ4n) is 1.54. The van der Waals surface area contributed by atoms with Gasteiger partial charge in [0.05, 0.1) is 5.56 Å². The lowest BCUT2D eigenvalue weighted by Gasteiger charge is -2.11. The zero-order valence-electron chi connectivity index (χ0n) is 9.88. The Bertz CT molecular complexity index is 597. The van der Waals surface area contributed by atoms with Crippen molar-refractivity contribution in [3.63, 3.8) is 0 Å². The molecule has 0 unspecified atom stereocenters. The highest BCUT2D eigenvalue weighted by molar-refractivity contribution is 6.37. The summed E-state index contributed by atoms with van der Waals surface area (Å²) in [5.41, 5.74) is 0.0161. The number of benzene rings is 1. The van der Waals surface area contributed by atoms with Crippen LogP contribution in [0.5, 0.6) is 0 Å². The zero-order valence-corrected chi connectivity index (χ0v) is 11.4. The van der Waals surface area contributed by atoms with Gasteiger partial charge < -0.3 is 5.32 Å². The van der Waals surface area contributed by atoms with E-state index in [1.165, 1.54) is 12.4 Å². The molecule has 1 heterocycles. The van der Waals surface area contributed by atoms with Gasteiger partial charge in [0.1, 0.15) is 12.0 Å². The van der Waals surface area contributed by atoms with E-state index in [2.05, 4.69) is 15.3 Å². The molecule has 0 aliphatic heterocycles. The molecule has 1 aromatic heterocycles. The first-order valence-electron chi connectivity index (χ1n) is 5.44. The van der Waals surface area contributed by atoms with Crippen LogP contribution in [0.25, 0.3) is 0 Å². The number of rotatable bonds is 3. The van der Waals surface area contributed by atoms with Crippen molar-refractivity contribution >= 4 is 28.9 Å². The molecule has 3 nitrogen and oxygen atoms in total. The minimum Gasteiger partial charge on any atom is -0.376 e. The summed E-state index contributed by atoms with van der Waals surface area (Å²) in [6.45, 7) is 0.122. The number of nitrogens with one attached hydrogen (secondary N) is 1. The van der Waals surface area contributed by atoms with E-state index < -0.39 is 11.7 Å². The number of hydrogen-bond acceptors (Lipinski definition) is 3. The second-order valence-electron chi connectivity index (χ2n) is 3.88. The van der Waals surface area contributed by atoms with Crippen molar-refractivity contribution < 1.29 is 13.2 Å². The Kier molecular flexibility index (Phi) is 4.35. The fraction of sp³-hybridized carbons (Fsp3) is 0.167. The second-order valence-corrected chi connectivity index (χ2v) is 4.60. The van der Waals surface area contributed by atoms with Crippen molar-refractivity contribution in [1.29, 1.82) is 0 Å². The minimum absolute atomic E-state index is 0.108. The van der Waals surface area contributed by atoms with E-state index in [9.17, 15) is 13.2 Å². The first-order chi connectivity index (χ1) is 9.38. The van der Waals surface area contributed by atoms with Crippen molar-refractivity contribution in [1.82, 2.24) is 9.97 Å². The van der Waals surface area contributed by atoms with E-state index in [1.807, 2.05) is 0 Å². The molecule has 2 aromatic rings. The Morgan fingerprint density at radius 1 is 1.10 bits per heavy atom. The van der Waals surface area contributed by atoms with Crippen LogP contribution in [-0.4, -0.2) is 9.97 Å². The third-order valence-electron chi connectivity index (χ3n) is 2.48. The van der Waals surface area contributed by atoms with Crippen LogP contribution in [0.15, 0.2) is 30.6 Å². The minimum atomic E-state index is -4.37. The summed E-state index contributed by atoms with van der Waals surface area (Å²) < 4.78 is 37.7. The molecular weight excluding hydrogens is 314 g/mol. The van der Waals surface area contributed by atoms with Gasteiger partial charge in [-0.05, 0) is 17.7 Å². The average molecular weight is 322 g/mol. The van der Waals surface area contributed by atoms with Crippen LogP contribution in [0.3, 0.4) is 0 Å². The van der Waals surface area contributed by atoms with Crippen LogP contribution in [0.4, 0.5) is 18.9 Å². The molecule has 8 heteroatoms. The van der Waals surface area contributed by atoms with Gasteiger partial charge in [-0.2, -0.15) is 13.2 Å². The third kappa shape index (κ3) is 3.52. The van der Waals surface area contributed by atoms with Crippen LogP contribution in [-0.2, 0) is 12.7 Å². The first kappa shape index (κ1) is 14.9. The van der Waals surface area contributed by atoms with Gasteiger partial charge >= 0.3 is 6.18 Å². The normalized spacial score (nSPS) is 11.4. The van der Waals surface area contributed by atoms with Gasteiger partial charge in [-0.25, -0.2) is 9.97 Å². The van der Waals surface area contributed by atoms with E-state index in [1.54, 1.807) is 6.07 Å². The number of anilines is 1. The van der Waals surface area contributed by atoms with Gasteiger partial charge in [-0.3, -0.25) is 0 Å². The van der Waals surface area contributed by atoms with E-state index in [4.69, 9.17) is 23.2 Å². The quantitative estimate of drug-likeness (QED) is 0.851.